The Morgan fingerprint density at radius 1 is 1.25 bits per heavy atom. The first-order valence-corrected chi connectivity index (χ1v) is 7.57. The number of benzene rings is 1. The zero-order valence-electron chi connectivity index (χ0n) is 12.1. The van der Waals surface area contributed by atoms with Crippen LogP contribution in [0.15, 0.2) is 24.3 Å². The molecule has 1 N–H and O–H groups in total. The SMILES string of the molecule is CN1CCN(C(=O)[C@H]2CCCCN2)Cc2ccccc21. The summed E-state index contributed by atoms with van der Waals surface area (Å²) in [5, 5.41) is 3.37. The maximum absolute atomic E-state index is 12.7. The largest absolute Gasteiger partial charge is 0.373 e. The number of piperidine rings is 1. The third-order valence-corrected chi connectivity index (χ3v) is 4.39. The van der Waals surface area contributed by atoms with Gasteiger partial charge in [-0.25, -0.2) is 0 Å². The van der Waals surface area contributed by atoms with Gasteiger partial charge in [-0.05, 0) is 31.0 Å². The van der Waals surface area contributed by atoms with Crippen LogP contribution in [0.4, 0.5) is 5.69 Å². The number of carbonyl (C=O) groups is 1. The number of nitrogens with one attached hydrogen (secondary N) is 1. The van der Waals surface area contributed by atoms with Crippen molar-refractivity contribution in [1.29, 1.82) is 0 Å². The van der Waals surface area contributed by atoms with Crippen molar-refractivity contribution in [1.82, 2.24) is 10.2 Å². The van der Waals surface area contributed by atoms with Crippen molar-refractivity contribution in [3.63, 3.8) is 0 Å². The normalized spacial score (nSPS) is 23.1. The van der Waals surface area contributed by atoms with Crippen LogP contribution in [-0.2, 0) is 11.3 Å². The molecule has 1 aromatic carbocycles. The quantitative estimate of drug-likeness (QED) is 0.844. The highest BCUT2D eigenvalue weighted by atomic mass is 16.2. The fourth-order valence-corrected chi connectivity index (χ4v) is 3.16. The van der Waals surface area contributed by atoms with Gasteiger partial charge in [-0.15, -0.1) is 0 Å². The van der Waals surface area contributed by atoms with E-state index in [9.17, 15) is 4.79 Å². The average Bonchev–Trinajstić information content (AvgIpc) is 2.67. The van der Waals surface area contributed by atoms with E-state index in [-0.39, 0.29) is 11.9 Å². The Morgan fingerprint density at radius 3 is 2.90 bits per heavy atom. The predicted molar refractivity (Wildman–Crippen MR) is 80.8 cm³/mol. The summed E-state index contributed by atoms with van der Waals surface area (Å²) in [6, 6.07) is 8.42. The number of amides is 1. The number of hydrogen-bond acceptors (Lipinski definition) is 3. The van der Waals surface area contributed by atoms with Crippen LogP contribution < -0.4 is 10.2 Å². The molecule has 1 fully saturated rings. The number of carbonyl (C=O) groups excluding carboxylic acids is 1. The van der Waals surface area contributed by atoms with Gasteiger partial charge in [-0.2, -0.15) is 0 Å². The second kappa shape index (κ2) is 5.83. The van der Waals surface area contributed by atoms with Gasteiger partial charge in [0.05, 0.1) is 6.04 Å². The monoisotopic (exact) mass is 273 g/mol. The number of rotatable bonds is 1. The molecule has 3 rings (SSSR count). The van der Waals surface area contributed by atoms with E-state index in [0.29, 0.717) is 0 Å². The van der Waals surface area contributed by atoms with Gasteiger partial charge in [0, 0.05) is 32.4 Å². The molecule has 108 valence electrons. The minimum absolute atomic E-state index is 0.0271. The zero-order chi connectivity index (χ0) is 13.9. The summed E-state index contributed by atoms with van der Waals surface area (Å²) in [6.07, 6.45) is 3.33. The maximum atomic E-state index is 12.7. The second-order valence-electron chi connectivity index (χ2n) is 5.81. The van der Waals surface area contributed by atoms with Gasteiger partial charge >= 0.3 is 0 Å². The molecule has 20 heavy (non-hydrogen) atoms. The van der Waals surface area contributed by atoms with Crippen molar-refractivity contribution in [3.05, 3.63) is 29.8 Å². The lowest BCUT2D eigenvalue weighted by Gasteiger charge is -2.29. The number of para-hydroxylation sites is 1. The van der Waals surface area contributed by atoms with Gasteiger partial charge in [-0.1, -0.05) is 24.6 Å². The molecule has 0 radical (unpaired) electrons. The van der Waals surface area contributed by atoms with E-state index < -0.39 is 0 Å². The molecule has 4 nitrogen and oxygen atoms in total. The van der Waals surface area contributed by atoms with E-state index in [1.165, 1.54) is 17.7 Å². The number of likely N-dealkylation sites (N-methyl/N-ethyl adjacent to an activating group) is 1. The van der Waals surface area contributed by atoms with Crippen LogP contribution in [0.5, 0.6) is 0 Å². The first kappa shape index (κ1) is 13.4. The summed E-state index contributed by atoms with van der Waals surface area (Å²) in [5.41, 5.74) is 2.50. The fourth-order valence-electron chi connectivity index (χ4n) is 3.16. The number of fused-ring (bicyclic) bond motifs is 1. The zero-order valence-corrected chi connectivity index (χ0v) is 12.1. The Morgan fingerprint density at radius 2 is 2.10 bits per heavy atom. The van der Waals surface area contributed by atoms with Gasteiger partial charge in [0.25, 0.3) is 0 Å². The predicted octanol–water partition coefficient (Wildman–Crippen LogP) is 1.61. The molecule has 2 aliphatic heterocycles. The van der Waals surface area contributed by atoms with Gasteiger partial charge in [0.2, 0.25) is 5.91 Å². The third kappa shape index (κ3) is 2.66. The average molecular weight is 273 g/mol. The summed E-state index contributed by atoms with van der Waals surface area (Å²) >= 11 is 0. The molecule has 1 aromatic rings. The van der Waals surface area contributed by atoms with Crippen molar-refractivity contribution in [3.8, 4) is 0 Å². The molecule has 1 atom stereocenters. The van der Waals surface area contributed by atoms with Crippen molar-refractivity contribution in [2.75, 3.05) is 31.6 Å². The van der Waals surface area contributed by atoms with Gasteiger partial charge in [-0.3, -0.25) is 4.79 Å². The highest BCUT2D eigenvalue weighted by Crippen LogP contribution is 2.24. The summed E-state index contributed by atoms with van der Waals surface area (Å²) < 4.78 is 0. The molecule has 1 amide bonds. The number of anilines is 1. The second-order valence-corrected chi connectivity index (χ2v) is 5.81. The molecule has 4 heteroatoms. The molecule has 0 saturated carbocycles. The number of nitrogens with zero attached hydrogens (tertiary/aromatic N) is 2. The maximum Gasteiger partial charge on any atom is 0.240 e. The Bertz CT molecular complexity index is 482. The number of hydrogen-bond donors (Lipinski definition) is 1. The molecule has 0 aliphatic carbocycles. The van der Waals surface area contributed by atoms with E-state index in [1.54, 1.807) is 0 Å². The molecule has 2 heterocycles. The van der Waals surface area contributed by atoms with Gasteiger partial charge in [0.1, 0.15) is 0 Å². The van der Waals surface area contributed by atoms with E-state index in [1.807, 2.05) is 4.90 Å². The summed E-state index contributed by atoms with van der Waals surface area (Å²) in [7, 11) is 2.10. The summed E-state index contributed by atoms with van der Waals surface area (Å²) in [5.74, 6) is 0.273. The molecule has 0 unspecified atom stereocenters. The fraction of sp³-hybridized carbons (Fsp3) is 0.562. The van der Waals surface area contributed by atoms with Crippen LogP contribution in [0, 0.1) is 0 Å². The standard InChI is InChI=1S/C16H23N3O/c1-18-10-11-19(12-13-6-2-3-8-15(13)18)16(20)14-7-4-5-9-17-14/h2-3,6,8,14,17H,4-5,7,9-12H2,1H3/t14-/m1/s1. The molecule has 0 bridgehead atoms. The lowest BCUT2D eigenvalue weighted by molar-refractivity contribution is -0.134. The van der Waals surface area contributed by atoms with Crippen LogP contribution in [0.2, 0.25) is 0 Å². The highest BCUT2D eigenvalue weighted by Gasteiger charge is 2.27. The van der Waals surface area contributed by atoms with Crippen LogP contribution in [0.1, 0.15) is 24.8 Å². The van der Waals surface area contributed by atoms with Crippen LogP contribution in [0.25, 0.3) is 0 Å². The Kier molecular flexibility index (Phi) is 3.92. The summed E-state index contributed by atoms with van der Waals surface area (Å²) in [6.45, 7) is 3.41. The van der Waals surface area contributed by atoms with Crippen molar-refractivity contribution in [2.24, 2.45) is 0 Å². The van der Waals surface area contributed by atoms with Gasteiger partial charge in [0.15, 0.2) is 0 Å². The third-order valence-electron chi connectivity index (χ3n) is 4.39. The lowest BCUT2D eigenvalue weighted by Crippen LogP contribution is -2.49. The molecular formula is C16H23N3O. The van der Waals surface area contributed by atoms with E-state index in [2.05, 4.69) is 41.5 Å². The van der Waals surface area contributed by atoms with Gasteiger partial charge < -0.3 is 15.1 Å². The minimum atomic E-state index is 0.0271. The highest BCUT2D eigenvalue weighted by molar-refractivity contribution is 5.82. The molecule has 0 aromatic heterocycles. The van der Waals surface area contributed by atoms with Crippen molar-refractivity contribution >= 4 is 11.6 Å². The Hall–Kier alpha value is -1.55. The topological polar surface area (TPSA) is 35.6 Å². The lowest BCUT2D eigenvalue weighted by atomic mass is 10.0. The van der Waals surface area contributed by atoms with E-state index in [0.717, 1.165) is 39.0 Å². The van der Waals surface area contributed by atoms with Crippen LogP contribution in [-0.4, -0.2) is 43.5 Å². The summed E-state index contributed by atoms with van der Waals surface area (Å²) in [4.78, 5) is 16.9. The molecule has 0 spiro atoms. The first-order valence-electron chi connectivity index (χ1n) is 7.57. The molecule has 1 saturated heterocycles. The molecule has 2 aliphatic rings. The first-order chi connectivity index (χ1) is 9.75. The van der Waals surface area contributed by atoms with Crippen molar-refractivity contribution < 1.29 is 4.79 Å². The molecular weight excluding hydrogens is 250 g/mol. The Labute approximate surface area is 120 Å². The van der Waals surface area contributed by atoms with E-state index >= 15 is 0 Å². The van der Waals surface area contributed by atoms with Crippen LogP contribution in [0.3, 0.4) is 0 Å². The smallest absolute Gasteiger partial charge is 0.240 e. The van der Waals surface area contributed by atoms with Crippen LogP contribution >= 0.6 is 0 Å². The van der Waals surface area contributed by atoms with E-state index in [4.69, 9.17) is 0 Å². The minimum Gasteiger partial charge on any atom is -0.373 e. The van der Waals surface area contributed by atoms with Crippen molar-refractivity contribution in [2.45, 2.75) is 31.8 Å². The Balaban J connectivity index is 1.77.